The van der Waals surface area contributed by atoms with Gasteiger partial charge in [-0.1, -0.05) is 28.1 Å². The van der Waals surface area contributed by atoms with E-state index in [1.807, 2.05) is 49.4 Å². The molecule has 0 aliphatic heterocycles. The lowest BCUT2D eigenvalue weighted by Gasteiger charge is -2.10. The van der Waals surface area contributed by atoms with Gasteiger partial charge in [0.05, 0.1) is 18.2 Å². The topological polar surface area (TPSA) is 38.0 Å². The molecule has 0 spiro atoms. The van der Waals surface area contributed by atoms with Crippen LogP contribution in [0.25, 0.3) is 16.6 Å². The van der Waals surface area contributed by atoms with Crippen LogP contribution in [0.15, 0.2) is 46.9 Å². The van der Waals surface area contributed by atoms with E-state index in [9.17, 15) is 5.26 Å². The van der Waals surface area contributed by atoms with Crippen molar-refractivity contribution in [2.45, 2.75) is 6.92 Å². The maximum absolute atomic E-state index is 9.45. The van der Waals surface area contributed by atoms with Crippen LogP contribution in [0.5, 0.6) is 5.75 Å². The fraction of sp³-hybridized carbons (Fsp3) is 0.118. The van der Waals surface area contributed by atoms with Crippen molar-refractivity contribution in [2.24, 2.45) is 0 Å². The number of hydrogen-bond donors (Lipinski definition) is 0. The van der Waals surface area contributed by atoms with Crippen LogP contribution in [0.2, 0.25) is 0 Å². The minimum atomic E-state index is 0.709. The SMILES string of the molecule is COc1cccc(-n2c(C)c(C#N)c3ccc(Br)cc32)c1. The van der Waals surface area contributed by atoms with Gasteiger partial charge in [0, 0.05) is 27.3 Å². The fourth-order valence-corrected chi connectivity index (χ4v) is 2.96. The van der Waals surface area contributed by atoms with E-state index in [4.69, 9.17) is 4.74 Å². The predicted octanol–water partition coefficient (Wildman–Crippen LogP) is 4.58. The van der Waals surface area contributed by atoms with Crippen LogP contribution in [0.3, 0.4) is 0 Å². The normalized spacial score (nSPS) is 10.6. The first-order chi connectivity index (χ1) is 10.2. The highest BCUT2D eigenvalue weighted by molar-refractivity contribution is 9.10. The molecule has 1 heterocycles. The highest BCUT2D eigenvalue weighted by Crippen LogP contribution is 2.31. The molecule has 0 fully saturated rings. The molecular formula is C17H13BrN2O. The van der Waals surface area contributed by atoms with Gasteiger partial charge in [-0.25, -0.2) is 0 Å². The molecule has 0 unspecified atom stereocenters. The molecule has 21 heavy (non-hydrogen) atoms. The average molecular weight is 341 g/mol. The Morgan fingerprint density at radius 2 is 2.00 bits per heavy atom. The summed E-state index contributed by atoms with van der Waals surface area (Å²) in [6.07, 6.45) is 0. The second-order valence-corrected chi connectivity index (χ2v) is 5.69. The summed E-state index contributed by atoms with van der Waals surface area (Å²) in [6, 6.07) is 16.1. The Kier molecular flexibility index (Phi) is 3.44. The van der Waals surface area contributed by atoms with Gasteiger partial charge in [-0.05, 0) is 31.2 Å². The molecule has 3 rings (SSSR count). The third-order valence-electron chi connectivity index (χ3n) is 3.59. The smallest absolute Gasteiger partial charge is 0.120 e. The molecular weight excluding hydrogens is 328 g/mol. The van der Waals surface area contributed by atoms with E-state index in [1.165, 1.54) is 0 Å². The third-order valence-corrected chi connectivity index (χ3v) is 4.08. The van der Waals surface area contributed by atoms with Gasteiger partial charge in [0.25, 0.3) is 0 Å². The Labute approximate surface area is 131 Å². The Morgan fingerprint density at radius 1 is 1.19 bits per heavy atom. The zero-order chi connectivity index (χ0) is 15.0. The van der Waals surface area contributed by atoms with Crippen LogP contribution < -0.4 is 4.74 Å². The van der Waals surface area contributed by atoms with Crippen molar-refractivity contribution in [3.63, 3.8) is 0 Å². The van der Waals surface area contributed by atoms with Crippen LogP contribution in [0.4, 0.5) is 0 Å². The van der Waals surface area contributed by atoms with Crippen molar-refractivity contribution in [2.75, 3.05) is 7.11 Å². The van der Waals surface area contributed by atoms with Crippen molar-refractivity contribution in [3.05, 3.63) is 58.2 Å². The van der Waals surface area contributed by atoms with E-state index in [-0.39, 0.29) is 0 Å². The van der Waals surface area contributed by atoms with Gasteiger partial charge in [-0.15, -0.1) is 0 Å². The van der Waals surface area contributed by atoms with E-state index in [0.29, 0.717) is 5.56 Å². The maximum Gasteiger partial charge on any atom is 0.120 e. The number of nitrogens with zero attached hydrogens (tertiary/aromatic N) is 2. The summed E-state index contributed by atoms with van der Waals surface area (Å²) < 4.78 is 8.37. The molecule has 0 aliphatic rings. The van der Waals surface area contributed by atoms with Gasteiger partial charge in [0.1, 0.15) is 11.8 Å². The van der Waals surface area contributed by atoms with Crippen LogP contribution >= 0.6 is 15.9 Å². The molecule has 3 nitrogen and oxygen atoms in total. The number of hydrogen-bond acceptors (Lipinski definition) is 2. The summed E-state index contributed by atoms with van der Waals surface area (Å²) in [4.78, 5) is 0. The first-order valence-electron chi connectivity index (χ1n) is 6.51. The molecule has 0 saturated heterocycles. The molecule has 0 N–H and O–H groups in total. The lowest BCUT2D eigenvalue weighted by Crippen LogP contribution is -1.97. The largest absolute Gasteiger partial charge is 0.497 e. The summed E-state index contributed by atoms with van der Waals surface area (Å²) in [5, 5.41) is 10.4. The highest BCUT2D eigenvalue weighted by Gasteiger charge is 2.15. The minimum absolute atomic E-state index is 0.709. The monoisotopic (exact) mass is 340 g/mol. The number of rotatable bonds is 2. The van der Waals surface area contributed by atoms with Crippen molar-refractivity contribution in [3.8, 4) is 17.5 Å². The van der Waals surface area contributed by atoms with Gasteiger partial charge >= 0.3 is 0 Å². The van der Waals surface area contributed by atoms with Gasteiger partial charge in [0.2, 0.25) is 0 Å². The van der Waals surface area contributed by atoms with Crippen molar-refractivity contribution >= 4 is 26.8 Å². The molecule has 0 bridgehead atoms. The van der Waals surface area contributed by atoms with Crippen LogP contribution in [-0.4, -0.2) is 11.7 Å². The quantitative estimate of drug-likeness (QED) is 0.684. The van der Waals surface area contributed by atoms with E-state index in [0.717, 1.165) is 32.5 Å². The van der Waals surface area contributed by atoms with E-state index < -0.39 is 0 Å². The Hall–Kier alpha value is -2.25. The number of methoxy groups -OCH3 is 1. The summed E-state index contributed by atoms with van der Waals surface area (Å²) in [6.45, 7) is 1.96. The number of halogens is 1. The number of ether oxygens (including phenoxy) is 1. The van der Waals surface area contributed by atoms with E-state index >= 15 is 0 Å². The molecule has 0 atom stereocenters. The van der Waals surface area contributed by atoms with Gasteiger partial charge < -0.3 is 9.30 Å². The summed E-state index contributed by atoms with van der Waals surface area (Å²) in [5.41, 5.74) is 3.63. The zero-order valence-electron chi connectivity index (χ0n) is 11.7. The molecule has 4 heteroatoms. The Bertz CT molecular complexity index is 874. The van der Waals surface area contributed by atoms with Gasteiger partial charge in [-0.2, -0.15) is 5.26 Å². The second-order valence-electron chi connectivity index (χ2n) is 4.77. The second kappa shape index (κ2) is 5.27. The van der Waals surface area contributed by atoms with E-state index in [2.05, 4.69) is 26.6 Å². The summed E-state index contributed by atoms with van der Waals surface area (Å²) >= 11 is 3.50. The standard InChI is InChI=1S/C17H13BrN2O/c1-11-16(10-19)15-7-6-12(18)8-17(15)20(11)13-4-3-5-14(9-13)21-2/h3-9H,1-2H3. The molecule has 2 aromatic carbocycles. The average Bonchev–Trinajstić information content (AvgIpc) is 2.77. The molecule has 104 valence electrons. The first-order valence-corrected chi connectivity index (χ1v) is 7.30. The molecule has 3 aromatic rings. The molecule has 0 amide bonds. The minimum Gasteiger partial charge on any atom is -0.497 e. The lowest BCUT2D eigenvalue weighted by atomic mass is 10.1. The molecule has 0 aliphatic carbocycles. The number of nitriles is 1. The summed E-state index contributed by atoms with van der Waals surface area (Å²) in [7, 11) is 1.65. The fourth-order valence-electron chi connectivity index (χ4n) is 2.61. The third kappa shape index (κ3) is 2.20. The van der Waals surface area contributed by atoms with E-state index in [1.54, 1.807) is 7.11 Å². The molecule has 0 radical (unpaired) electrons. The van der Waals surface area contributed by atoms with Crippen LogP contribution in [0.1, 0.15) is 11.3 Å². The van der Waals surface area contributed by atoms with Crippen LogP contribution in [-0.2, 0) is 0 Å². The number of fused-ring (bicyclic) bond motifs is 1. The Balaban J connectivity index is 2.38. The van der Waals surface area contributed by atoms with Gasteiger partial charge in [0.15, 0.2) is 0 Å². The number of benzene rings is 2. The molecule has 0 saturated carbocycles. The Morgan fingerprint density at radius 3 is 2.71 bits per heavy atom. The summed E-state index contributed by atoms with van der Waals surface area (Å²) in [5.74, 6) is 0.794. The molecule has 1 aromatic heterocycles. The predicted molar refractivity (Wildman–Crippen MR) is 87.0 cm³/mol. The van der Waals surface area contributed by atoms with Crippen molar-refractivity contribution in [1.82, 2.24) is 4.57 Å². The number of aromatic nitrogens is 1. The first kappa shape index (κ1) is 13.7. The van der Waals surface area contributed by atoms with Gasteiger partial charge in [-0.3, -0.25) is 0 Å². The zero-order valence-corrected chi connectivity index (χ0v) is 13.3. The highest BCUT2D eigenvalue weighted by atomic mass is 79.9. The van der Waals surface area contributed by atoms with Crippen molar-refractivity contribution < 1.29 is 4.74 Å². The maximum atomic E-state index is 9.45. The van der Waals surface area contributed by atoms with Crippen LogP contribution in [0, 0.1) is 18.3 Å². The van der Waals surface area contributed by atoms with Crippen molar-refractivity contribution in [1.29, 1.82) is 5.26 Å². The lowest BCUT2D eigenvalue weighted by molar-refractivity contribution is 0.414.